The lowest BCUT2D eigenvalue weighted by atomic mass is 9.99. The van der Waals surface area contributed by atoms with Gasteiger partial charge in [0.1, 0.15) is 11.5 Å². The average molecular weight is 527 g/mol. The number of halogens is 3. The number of nitrogens with zero attached hydrogens (tertiary/aromatic N) is 4. The van der Waals surface area contributed by atoms with Crippen molar-refractivity contribution in [1.29, 1.82) is 0 Å². The number of hydrogen-bond acceptors (Lipinski definition) is 6. The van der Waals surface area contributed by atoms with Crippen LogP contribution < -0.4 is 15.5 Å². The zero-order valence-corrected chi connectivity index (χ0v) is 21.1. The SMILES string of the molecule is CC1CCN(c2nc(C(F)(F)F)ccc2CNC(=O)C(C)c2cnc(C(=O)Nc3ccccc3)nc2)CC1. The topological polar surface area (TPSA) is 100 Å². The van der Waals surface area contributed by atoms with Gasteiger partial charge in [0.15, 0.2) is 0 Å². The number of benzene rings is 1. The molecule has 200 valence electrons. The van der Waals surface area contributed by atoms with Crippen LogP contribution in [0, 0.1) is 5.92 Å². The first kappa shape index (κ1) is 27.0. The quantitative estimate of drug-likeness (QED) is 0.459. The minimum atomic E-state index is -4.56. The van der Waals surface area contributed by atoms with Crippen LogP contribution in [0.4, 0.5) is 24.7 Å². The van der Waals surface area contributed by atoms with E-state index in [1.54, 1.807) is 31.2 Å². The third-order valence-electron chi connectivity index (χ3n) is 6.58. The van der Waals surface area contributed by atoms with Crippen molar-refractivity contribution < 1.29 is 22.8 Å². The van der Waals surface area contributed by atoms with Gasteiger partial charge in [-0.2, -0.15) is 13.2 Å². The van der Waals surface area contributed by atoms with E-state index in [1.165, 1.54) is 18.5 Å². The van der Waals surface area contributed by atoms with E-state index in [9.17, 15) is 22.8 Å². The molecule has 2 N–H and O–H groups in total. The molecule has 1 fully saturated rings. The van der Waals surface area contributed by atoms with E-state index < -0.39 is 23.7 Å². The maximum absolute atomic E-state index is 13.3. The summed E-state index contributed by atoms with van der Waals surface area (Å²) in [5.41, 5.74) is 0.657. The zero-order chi connectivity index (χ0) is 27.3. The van der Waals surface area contributed by atoms with Crippen molar-refractivity contribution in [2.75, 3.05) is 23.3 Å². The summed E-state index contributed by atoms with van der Waals surface area (Å²) in [6, 6.07) is 11.2. The van der Waals surface area contributed by atoms with Crippen LogP contribution in [-0.2, 0) is 17.5 Å². The van der Waals surface area contributed by atoms with E-state index in [0.29, 0.717) is 35.8 Å². The van der Waals surface area contributed by atoms with Gasteiger partial charge in [0, 0.05) is 48.8 Å². The molecule has 3 heterocycles. The Balaban J connectivity index is 1.42. The molecule has 2 amide bonds. The molecule has 0 radical (unpaired) electrons. The number of piperidine rings is 1. The van der Waals surface area contributed by atoms with Gasteiger partial charge in [0.25, 0.3) is 5.91 Å². The Morgan fingerprint density at radius 2 is 1.71 bits per heavy atom. The first-order valence-corrected chi connectivity index (χ1v) is 12.4. The molecule has 2 aromatic heterocycles. The monoisotopic (exact) mass is 526 g/mol. The first-order valence-electron chi connectivity index (χ1n) is 12.4. The van der Waals surface area contributed by atoms with Gasteiger partial charge in [-0.05, 0) is 43.9 Å². The van der Waals surface area contributed by atoms with Gasteiger partial charge in [0.05, 0.1) is 5.92 Å². The van der Waals surface area contributed by atoms with Crippen LogP contribution in [0.5, 0.6) is 0 Å². The number of para-hydroxylation sites is 1. The van der Waals surface area contributed by atoms with Gasteiger partial charge >= 0.3 is 6.18 Å². The lowest BCUT2D eigenvalue weighted by molar-refractivity contribution is -0.141. The highest BCUT2D eigenvalue weighted by atomic mass is 19.4. The van der Waals surface area contributed by atoms with Gasteiger partial charge in [-0.15, -0.1) is 0 Å². The number of pyridine rings is 1. The standard InChI is InChI=1S/C27H29F3N6O2/c1-17-10-12-36(13-11-17)24-19(8-9-22(35-24)27(28,29)30)14-33-25(37)18(2)20-15-31-23(32-16-20)26(38)34-21-6-4-3-5-7-21/h3-9,15-18H,10-14H2,1-2H3,(H,33,37)(H,34,38). The molecule has 11 heteroatoms. The van der Waals surface area contributed by atoms with E-state index in [-0.39, 0.29) is 24.1 Å². The largest absolute Gasteiger partial charge is 0.433 e. The highest BCUT2D eigenvalue weighted by Crippen LogP contribution is 2.32. The number of rotatable bonds is 7. The number of amides is 2. The molecule has 1 unspecified atom stereocenters. The Kier molecular flexibility index (Phi) is 8.23. The molecule has 4 rings (SSSR count). The van der Waals surface area contributed by atoms with E-state index in [0.717, 1.165) is 18.9 Å². The van der Waals surface area contributed by atoms with Crippen molar-refractivity contribution >= 4 is 23.3 Å². The summed E-state index contributed by atoms with van der Waals surface area (Å²) in [6.45, 7) is 5.01. The van der Waals surface area contributed by atoms with E-state index >= 15 is 0 Å². The second kappa shape index (κ2) is 11.6. The van der Waals surface area contributed by atoms with Crippen LogP contribution in [-0.4, -0.2) is 39.9 Å². The Morgan fingerprint density at radius 1 is 1.05 bits per heavy atom. The van der Waals surface area contributed by atoms with Crippen LogP contribution in [0.15, 0.2) is 54.9 Å². The molecular weight excluding hydrogens is 497 g/mol. The molecule has 8 nitrogen and oxygen atoms in total. The number of anilines is 2. The molecule has 0 bridgehead atoms. The Morgan fingerprint density at radius 3 is 2.34 bits per heavy atom. The van der Waals surface area contributed by atoms with Crippen LogP contribution in [0.25, 0.3) is 0 Å². The molecule has 1 atom stereocenters. The fraction of sp³-hybridized carbons (Fsp3) is 0.370. The summed E-state index contributed by atoms with van der Waals surface area (Å²) < 4.78 is 40.0. The van der Waals surface area contributed by atoms with Crippen LogP contribution in [0.2, 0.25) is 0 Å². The Bertz CT molecular complexity index is 1260. The van der Waals surface area contributed by atoms with Crippen molar-refractivity contribution in [1.82, 2.24) is 20.3 Å². The van der Waals surface area contributed by atoms with Crippen LogP contribution >= 0.6 is 0 Å². The summed E-state index contributed by atoms with van der Waals surface area (Å²) in [7, 11) is 0. The lowest BCUT2D eigenvalue weighted by Gasteiger charge is -2.33. The third-order valence-corrected chi connectivity index (χ3v) is 6.58. The third kappa shape index (κ3) is 6.64. The van der Waals surface area contributed by atoms with Crippen molar-refractivity contribution in [3.8, 4) is 0 Å². The maximum atomic E-state index is 13.3. The molecule has 0 spiro atoms. The van der Waals surface area contributed by atoms with Gasteiger partial charge in [-0.3, -0.25) is 9.59 Å². The van der Waals surface area contributed by atoms with Crippen molar-refractivity contribution in [3.05, 3.63) is 77.5 Å². The molecule has 1 aliphatic rings. The normalized spacial score (nSPS) is 15.1. The number of carbonyl (C=O) groups excluding carboxylic acids is 2. The van der Waals surface area contributed by atoms with Gasteiger partial charge in [-0.1, -0.05) is 31.2 Å². The lowest BCUT2D eigenvalue weighted by Crippen LogP contribution is -2.35. The summed E-state index contributed by atoms with van der Waals surface area (Å²) in [5, 5.41) is 5.48. The first-order chi connectivity index (χ1) is 18.1. The van der Waals surface area contributed by atoms with E-state index in [1.807, 2.05) is 11.0 Å². The van der Waals surface area contributed by atoms with E-state index in [2.05, 4.69) is 32.5 Å². The highest BCUT2D eigenvalue weighted by Gasteiger charge is 2.34. The number of hydrogen-bond donors (Lipinski definition) is 2. The summed E-state index contributed by atoms with van der Waals surface area (Å²) in [5.74, 6) is -0.775. The number of nitrogens with one attached hydrogen (secondary N) is 2. The highest BCUT2D eigenvalue weighted by molar-refractivity contribution is 6.01. The molecule has 1 aliphatic heterocycles. The molecule has 0 saturated carbocycles. The van der Waals surface area contributed by atoms with Gasteiger partial charge in [0.2, 0.25) is 11.7 Å². The fourth-order valence-corrected chi connectivity index (χ4v) is 4.14. The fourth-order valence-electron chi connectivity index (χ4n) is 4.14. The van der Waals surface area contributed by atoms with E-state index in [4.69, 9.17) is 0 Å². The van der Waals surface area contributed by atoms with Crippen molar-refractivity contribution in [3.63, 3.8) is 0 Å². The maximum Gasteiger partial charge on any atom is 0.433 e. The van der Waals surface area contributed by atoms with Gasteiger partial charge < -0.3 is 15.5 Å². The summed E-state index contributed by atoms with van der Waals surface area (Å²) >= 11 is 0. The van der Waals surface area contributed by atoms with Crippen molar-refractivity contribution in [2.24, 2.45) is 5.92 Å². The Hall–Kier alpha value is -4.02. The molecule has 1 saturated heterocycles. The van der Waals surface area contributed by atoms with Crippen LogP contribution in [0.3, 0.4) is 0 Å². The number of alkyl halides is 3. The second-order valence-electron chi connectivity index (χ2n) is 9.45. The summed E-state index contributed by atoms with van der Waals surface area (Å²) in [6.07, 6.45) is -0.00709. The minimum Gasteiger partial charge on any atom is -0.356 e. The predicted octanol–water partition coefficient (Wildman–Crippen LogP) is 4.80. The average Bonchev–Trinajstić information content (AvgIpc) is 2.92. The summed E-state index contributed by atoms with van der Waals surface area (Å²) in [4.78, 5) is 39.2. The second-order valence-corrected chi connectivity index (χ2v) is 9.45. The molecule has 0 aliphatic carbocycles. The van der Waals surface area contributed by atoms with Gasteiger partial charge in [-0.25, -0.2) is 15.0 Å². The number of carbonyl (C=O) groups is 2. The smallest absolute Gasteiger partial charge is 0.356 e. The molecule has 1 aromatic carbocycles. The zero-order valence-electron chi connectivity index (χ0n) is 21.1. The number of aromatic nitrogens is 3. The Labute approximate surface area is 218 Å². The van der Waals surface area contributed by atoms with Crippen LogP contribution in [0.1, 0.15) is 60.0 Å². The molecule has 3 aromatic rings. The molecular formula is C27H29F3N6O2. The minimum absolute atomic E-state index is 0.0219. The molecule has 38 heavy (non-hydrogen) atoms. The van der Waals surface area contributed by atoms with Crippen molar-refractivity contribution in [2.45, 2.75) is 45.3 Å². The predicted molar refractivity (Wildman–Crippen MR) is 137 cm³/mol.